The Hall–Kier alpha value is -2.89. The van der Waals surface area contributed by atoms with Crippen LogP contribution in [0.25, 0.3) is 5.69 Å². The highest BCUT2D eigenvalue weighted by atomic mass is 16.2. The van der Waals surface area contributed by atoms with Crippen molar-refractivity contribution in [2.24, 2.45) is 0 Å². The maximum atomic E-state index is 12.5. The molecule has 0 saturated heterocycles. The molecular weight excluding hydrogens is 266 g/mol. The van der Waals surface area contributed by atoms with Gasteiger partial charge in [-0.2, -0.15) is 0 Å². The molecule has 0 aliphatic heterocycles. The highest BCUT2D eigenvalue weighted by molar-refractivity contribution is 5.92. The van der Waals surface area contributed by atoms with Crippen LogP contribution in [0.1, 0.15) is 16.3 Å². The molecule has 3 rings (SSSR count). The Bertz CT molecular complexity index is 718. The smallest absolute Gasteiger partial charge is 0.272 e. The first kappa shape index (κ1) is 13.1. The maximum absolute atomic E-state index is 12.5. The lowest BCUT2D eigenvalue weighted by Gasteiger charge is -2.16. The van der Waals surface area contributed by atoms with Gasteiger partial charge in [0, 0.05) is 25.1 Å². The zero-order valence-electron chi connectivity index (χ0n) is 11.6. The number of nitrogens with one attached hydrogen (secondary N) is 1. The third-order valence-electron chi connectivity index (χ3n) is 3.18. The molecule has 0 aliphatic carbocycles. The van der Waals surface area contributed by atoms with Gasteiger partial charge in [0.05, 0.1) is 19.1 Å². The van der Waals surface area contributed by atoms with Gasteiger partial charge < -0.3 is 9.88 Å². The number of amides is 1. The zero-order chi connectivity index (χ0) is 14.7. The molecule has 21 heavy (non-hydrogen) atoms. The van der Waals surface area contributed by atoms with Crippen LogP contribution in [0.2, 0.25) is 0 Å². The molecule has 2 heterocycles. The Labute approximate surface area is 122 Å². The second kappa shape index (κ2) is 5.62. The second-order valence-electron chi connectivity index (χ2n) is 4.68. The van der Waals surface area contributed by atoms with E-state index in [9.17, 15) is 4.79 Å². The van der Waals surface area contributed by atoms with Gasteiger partial charge in [-0.05, 0) is 12.1 Å². The molecule has 0 fully saturated rings. The van der Waals surface area contributed by atoms with Crippen LogP contribution in [0, 0.1) is 0 Å². The highest BCUT2D eigenvalue weighted by Gasteiger charge is 2.18. The molecule has 0 atom stereocenters. The van der Waals surface area contributed by atoms with Crippen molar-refractivity contribution in [1.82, 2.24) is 24.4 Å². The monoisotopic (exact) mass is 281 g/mol. The number of aromatic nitrogens is 4. The molecule has 1 N–H and O–H groups in total. The molecule has 0 aliphatic rings. The molecule has 0 spiro atoms. The summed E-state index contributed by atoms with van der Waals surface area (Å²) in [5.41, 5.74) is 1.43. The lowest BCUT2D eigenvalue weighted by Crippen LogP contribution is -2.28. The second-order valence-corrected chi connectivity index (χ2v) is 4.68. The molecule has 6 heteroatoms. The first-order chi connectivity index (χ1) is 10.3. The Morgan fingerprint density at radius 2 is 2.14 bits per heavy atom. The standard InChI is InChI=1S/C15H15N5O/c1-19(10-14-17-7-8-18-14)15(21)13-9-16-11-20(13)12-5-3-2-4-6-12/h2-9,11H,10H2,1H3,(H,17,18). The Morgan fingerprint density at radius 3 is 2.86 bits per heavy atom. The van der Waals surface area contributed by atoms with E-state index in [1.165, 1.54) is 0 Å². The summed E-state index contributed by atoms with van der Waals surface area (Å²) in [4.78, 5) is 25.4. The van der Waals surface area contributed by atoms with Crippen molar-refractivity contribution in [3.8, 4) is 5.69 Å². The van der Waals surface area contributed by atoms with Crippen molar-refractivity contribution in [3.05, 3.63) is 66.8 Å². The fourth-order valence-corrected chi connectivity index (χ4v) is 2.12. The van der Waals surface area contributed by atoms with E-state index in [0.717, 1.165) is 11.5 Å². The van der Waals surface area contributed by atoms with Crippen molar-refractivity contribution >= 4 is 5.91 Å². The minimum absolute atomic E-state index is 0.104. The van der Waals surface area contributed by atoms with E-state index in [1.54, 1.807) is 41.4 Å². The van der Waals surface area contributed by atoms with Gasteiger partial charge in [0.2, 0.25) is 0 Å². The van der Waals surface area contributed by atoms with E-state index in [2.05, 4.69) is 15.0 Å². The average molecular weight is 281 g/mol. The number of carbonyl (C=O) groups excluding carboxylic acids is 1. The van der Waals surface area contributed by atoms with Gasteiger partial charge in [-0.3, -0.25) is 9.36 Å². The van der Waals surface area contributed by atoms with Gasteiger partial charge in [0.25, 0.3) is 5.91 Å². The number of para-hydroxylation sites is 1. The summed E-state index contributed by atoms with van der Waals surface area (Å²) in [6.45, 7) is 0.422. The number of nitrogens with zero attached hydrogens (tertiary/aromatic N) is 4. The van der Waals surface area contributed by atoms with Gasteiger partial charge in [0.15, 0.2) is 0 Å². The summed E-state index contributed by atoms with van der Waals surface area (Å²) in [6.07, 6.45) is 6.63. The zero-order valence-corrected chi connectivity index (χ0v) is 11.6. The minimum Gasteiger partial charge on any atom is -0.347 e. The lowest BCUT2D eigenvalue weighted by molar-refractivity contribution is 0.0774. The van der Waals surface area contributed by atoms with Crippen LogP contribution in [0.4, 0.5) is 0 Å². The third kappa shape index (κ3) is 2.69. The van der Waals surface area contributed by atoms with E-state index >= 15 is 0 Å². The number of hydrogen-bond acceptors (Lipinski definition) is 3. The lowest BCUT2D eigenvalue weighted by atomic mass is 10.3. The number of imidazole rings is 2. The molecule has 0 radical (unpaired) electrons. The molecule has 3 aromatic rings. The van der Waals surface area contributed by atoms with Gasteiger partial charge >= 0.3 is 0 Å². The maximum Gasteiger partial charge on any atom is 0.272 e. The molecule has 2 aromatic heterocycles. The van der Waals surface area contributed by atoms with E-state index < -0.39 is 0 Å². The SMILES string of the molecule is CN(Cc1ncc[nH]1)C(=O)c1cncn1-c1ccccc1. The molecule has 106 valence electrons. The topological polar surface area (TPSA) is 66.8 Å². The third-order valence-corrected chi connectivity index (χ3v) is 3.18. The summed E-state index contributed by atoms with van der Waals surface area (Å²) in [6, 6.07) is 9.66. The van der Waals surface area contributed by atoms with Gasteiger partial charge in [-0.25, -0.2) is 9.97 Å². The van der Waals surface area contributed by atoms with Crippen LogP contribution >= 0.6 is 0 Å². The van der Waals surface area contributed by atoms with Crippen LogP contribution in [0.3, 0.4) is 0 Å². The van der Waals surface area contributed by atoms with Crippen molar-refractivity contribution in [3.63, 3.8) is 0 Å². The number of H-pyrrole nitrogens is 1. The Kier molecular flexibility index (Phi) is 3.51. The normalized spacial score (nSPS) is 10.5. The van der Waals surface area contributed by atoms with Crippen LogP contribution in [0.5, 0.6) is 0 Å². The summed E-state index contributed by atoms with van der Waals surface area (Å²) < 4.78 is 1.78. The molecule has 6 nitrogen and oxygen atoms in total. The quantitative estimate of drug-likeness (QED) is 0.794. The molecular formula is C15H15N5O. The van der Waals surface area contributed by atoms with E-state index in [0.29, 0.717) is 12.2 Å². The van der Waals surface area contributed by atoms with Crippen LogP contribution in [-0.4, -0.2) is 37.4 Å². The molecule has 1 aromatic carbocycles. The predicted octanol–water partition coefficient (Wildman–Crippen LogP) is 1.87. The number of benzene rings is 1. The summed E-state index contributed by atoms with van der Waals surface area (Å²) in [5.74, 6) is 0.643. The molecule has 0 bridgehead atoms. The molecule has 0 saturated carbocycles. The number of aromatic amines is 1. The number of carbonyl (C=O) groups is 1. The summed E-state index contributed by atoms with van der Waals surface area (Å²) >= 11 is 0. The largest absolute Gasteiger partial charge is 0.347 e. The molecule has 1 amide bonds. The fourth-order valence-electron chi connectivity index (χ4n) is 2.12. The Morgan fingerprint density at radius 1 is 1.33 bits per heavy atom. The van der Waals surface area contributed by atoms with E-state index in [4.69, 9.17) is 0 Å². The first-order valence-electron chi connectivity index (χ1n) is 6.57. The van der Waals surface area contributed by atoms with Crippen molar-refractivity contribution < 1.29 is 4.79 Å². The van der Waals surface area contributed by atoms with Crippen LogP contribution in [-0.2, 0) is 6.54 Å². The van der Waals surface area contributed by atoms with Gasteiger partial charge in [-0.15, -0.1) is 0 Å². The van der Waals surface area contributed by atoms with Crippen molar-refractivity contribution in [1.29, 1.82) is 0 Å². The molecule has 0 unspecified atom stereocenters. The number of rotatable bonds is 4. The highest BCUT2D eigenvalue weighted by Crippen LogP contribution is 2.13. The average Bonchev–Trinajstić information content (AvgIpc) is 3.18. The van der Waals surface area contributed by atoms with Crippen LogP contribution < -0.4 is 0 Å². The van der Waals surface area contributed by atoms with E-state index in [-0.39, 0.29) is 5.91 Å². The van der Waals surface area contributed by atoms with Crippen molar-refractivity contribution in [2.75, 3.05) is 7.05 Å². The Balaban J connectivity index is 1.84. The van der Waals surface area contributed by atoms with Gasteiger partial charge in [-0.1, -0.05) is 18.2 Å². The van der Waals surface area contributed by atoms with Crippen LogP contribution in [0.15, 0.2) is 55.2 Å². The van der Waals surface area contributed by atoms with Crippen molar-refractivity contribution in [2.45, 2.75) is 6.54 Å². The minimum atomic E-state index is -0.104. The first-order valence-corrected chi connectivity index (χ1v) is 6.57. The van der Waals surface area contributed by atoms with Gasteiger partial charge in [0.1, 0.15) is 11.5 Å². The van der Waals surface area contributed by atoms with E-state index in [1.807, 2.05) is 30.3 Å². The predicted molar refractivity (Wildman–Crippen MR) is 77.9 cm³/mol. The summed E-state index contributed by atoms with van der Waals surface area (Å²) in [7, 11) is 1.74. The fraction of sp³-hybridized carbons (Fsp3) is 0.133. The number of hydrogen-bond donors (Lipinski definition) is 1. The summed E-state index contributed by atoms with van der Waals surface area (Å²) in [5, 5.41) is 0.